The number of anilines is 2. The maximum Gasteiger partial charge on any atom is 0.150 e. The van der Waals surface area contributed by atoms with E-state index < -0.39 is 5.82 Å². The van der Waals surface area contributed by atoms with Crippen LogP contribution < -0.4 is 4.90 Å². The van der Waals surface area contributed by atoms with E-state index in [2.05, 4.69) is 0 Å². The fraction of sp³-hybridized carbons (Fsp3) is 0.133. The second kappa shape index (κ2) is 5.41. The van der Waals surface area contributed by atoms with Crippen LogP contribution in [0, 0.1) is 12.7 Å². The summed E-state index contributed by atoms with van der Waals surface area (Å²) in [7, 11) is 1.71. The topological polar surface area (TPSA) is 20.3 Å². The van der Waals surface area contributed by atoms with Gasteiger partial charge < -0.3 is 4.90 Å². The fourth-order valence-corrected chi connectivity index (χ4v) is 2.24. The van der Waals surface area contributed by atoms with Crippen molar-refractivity contribution in [1.82, 2.24) is 0 Å². The van der Waals surface area contributed by atoms with Gasteiger partial charge in [0, 0.05) is 12.6 Å². The van der Waals surface area contributed by atoms with Gasteiger partial charge in [-0.15, -0.1) is 0 Å². The number of benzene rings is 2. The van der Waals surface area contributed by atoms with Gasteiger partial charge in [0.15, 0.2) is 0 Å². The number of carbonyl (C=O) groups is 1. The number of hydrogen-bond acceptors (Lipinski definition) is 2. The van der Waals surface area contributed by atoms with Gasteiger partial charge in [0.05, 0.1) is 16.4 Å². The van der Waals surface area contributed by atoms with Crippen molar-refractivity contribution >= 4 is 29.3 Å². The summed E-state index contributed by atoms with van der Waals surface area (Å²) in [5.74, 6) is -0.398. The lowest BCUT2D eigenvalue weighted by Crippen LogP contribution is -2.12. The average Bonchev–Trinajstić information content (AvgIpc) is 2.38. The summed E-state index contributed by atoms with van der Waals surface area (Å²) in [5.41, 5.74) is 2.46. The van der Waals surface area contributed by atoms with Gasteiger partial charge in [0.1, 0.15) is 12.1 Å². The Hall–Kier alpha value is -1.87. The van der Waals surface area contributed by atoms with Crippen LogP contribution in [-0.2, 0) is 0 Å². The Balaban J connectivity index is 2.48. The molecule has 4 heteroatoms. The molecule has 0 fully saturated rings. The number of aldehydes is 1. The number of rotatable bonds is 3. The maximum atomic E-state index is 13.9. The van der Waals surface area contributed by atoms with Crippen LogP contribution in [0.5, 0.6) is 0 Å². The zero-order valence-corrected chi connectivity index (χ0v) is 11.4. The first kappa shape index (κ1) is 13.6. The molecular weight excluding hydrogens is 265 g/mol. The van der Waals surface area contributed by atoms with Crippen LogP contribution in [0.4, 0.5) is 15.8 Å². The van der Waals surface area contributed by atoms with Gasteiger partial charge in [-0.05, 0) is 42.8 Å². The molecule has 0 atom stereocenters. The Morgan fingerprint density at radius 3 is 2.53 bits per heavy atom. The number of nitrogens with zero attached hydrogens (tertiary/aromatic N) is 1. The molecule has 0 bridgehead atoms. The van der Waals surface area contributed by atoms with Crippen molar-refractivity contribution < 1.29 is 9.18 Å². The first-order chi connectivity index (χ1) is 9.02. The van der Waals surface area contributed by atoms with Crippen molar-refractivity contribution in [1.29, 1.82) is 0 Å². The van der Waals surface area contributed by atoms with E-state index in [4.69, 9.17) is 11.6 Å². The minimum absolute atomic E-state index is 0.315. The van der Waals surface area contributed by atoms with Crippen LogP contribution in [0.15, 0.2) is 36.4 Å². The lowest BCUT2D eigenvalue weighted by Gasteiger charge is -2.22. The molecule has 0 aliphatic rings. The first-order valence-corrected chi connectivity index (χ1v) is 6.15. The smallest absolute Gasteiger partial charge is 0.150 e. The quantitative estimate of drug-likeness (QED) is 0.777. The van der Waals surface area contributed by atoms with Gasteiger partial charge in [-0.3, -0.25) is 4.79 Å². The summed E-state index contributed by atoms with van der Waals surface area (Å²) in [5, 5.41) is 0.540. The molecule has 2 aromatic carbocycles. The van der Waals surface area contributed by atoms with Crippen molar-refractivity contribution in [2.45, 2.75) is 6.92 Å². The third kappa shape index (κ3) is 2.76. The van der Waals surface area contributed by atoms with Gasteiger partial charge >= 0.3 is 0 Å². The minimum Gasteiger partial charge on any atom is -0.341 e. The van der Waals surface area contributed by atoms with E-state index in [1.165, 1.54) is 18.2 Å². The van der Waals surface area contributed by atoms with Gasteiger partial charge in [0.2, 0.25) is 0 Å². The predicted octanol–water partition coefficient (Wildman–Crippen LogP) is 4.37. The highest BCUT2D eigenvalue weighted by atomic mass is 35.5. The zero-order valence-electron chi connectivity index (χ0n) is 10.7. The molecule has 0 amide bonds. The monoisotopic (exact) mass is 277 g/mol. The van der Waals surface area contributed by atoms with Crippen LogP contribution in [0.1, 0.15) is 15.9 Å². The van der Waals surface area contributed by atoms with Crippen LogP contribution in [0.25, 0.3) is 0 Å². The minimum atomic E-state index is -0.398. The molecule has 2 rings (SSSR count). The average molecular weight is 278 g/mol. The molecule has 2 nitrogen and oxygen atoms in total. The zero-order chi connectivity index (χ0) is 14.0. The molecular formula is C15H13ClFNO. The third-order valence-corrected chi connectivity index (χ3v) is 3.23. The van der Waals surface area contributed by atoms with Gasteiger partial charge in [-0.1, -0.05) is 17.7 Å². The Bertz CT molecular complexity index is 628. The van der Waals surface area contributed by atoms with Crippen molar-refractivity contribution in [2.24, 2.45) is 0 Å². The second-order valence-corrected chi connectivity index (χ2v) is 4.75. The highest BCUT2D eigenvalue weighted by Crippen LogP contribution is 2.32. The predicted molar refractivity (Wildman–Crippen MR) is 76.0 cm³/mol. The van der Waals surface area contributed by atoms with Crippen molar-refractivity contribution in [3.8, 4) is 0 Å². The number of carbonyl (C=O) groups excluding carboxylic acids is 1. The lowest BCUT2D eigenvalue weighted by molar-refractivity contribution is 0.112. The van der Waals surface area contributed by atoms with E-state index in [-0.39, 0.29) is 0 Å². The van der Waals surface area contributed by atoms with Crippen LogP contribution in [0.3, 0.4) is 0 Å². The van der Waals surface area contributed by atoms with Crippen molar-refractivity contribution in [3.63, 3.8) is 0 Å². The summed E-state index contributed by atoms with van der Waals surface area (Å²) in [6, 6.07) is 9.76. The van der Waals surface area contributed by atoms with Crippen LogP contribution in [-0.4, -0.2) is 13.3 Å². The van der Waals surface area contributed by atoms with Crippen molar-refractivity contribution in [3.05, 3.63) is 58.4 Å². The highest BCUT2D eigenvalue weighted by Gasteiger charge is 2.13. The SMILES string of the molecule is Cc1ccc(N(C)c2cc(C=O)ccc2F)c(Cl)c1. The molecule has 2 aromatic rings. The van der Waals surface area contributed by atoms with E-state index in [0.717, 1.165) is 5.56 Å². The Kier molecular flexibility index (Phi) is 3.86. The normalized spacial score (nSPS) is 10.3. The largest absolute Gasteiger partial charge is 0.341 e. The molecule has 0 spiro atoms. The van der Waals surface area contributed by atoms with Crippen molar-refractivity contribution in [2.75, 3.05) is 11.9 Å². The Morgan fingerprint density at radius 2 is 1.89 bits per heavy atom. The maximum absolute atomic E-state index is 13.9. The van der Waals surface area contributed by atoms with E-state index in [0.29, 0.717) is 28.2 Å². The fourth-order valence-electron chi connectivity index (χ4n) is 1.87. The number of hydrogen-bond donors (Lipinski definition) is 0. The molecule has 0 heterocycles. The number of halogens is 2. The number of aryl methyl sites for hydroxylation is 1. The van der Waals surface area contributed by atoms with Gasteiger partial charge in [-0.2, -0.15) is 0 Å². The van der Waals surface area contributed by atoms with E-state index in [1.807, 2.05) is 25.1 Å². The molecule has 0 aliphatic carbocycles. The molecule has 0 aromatic heterocycles. The highest BCUT2D eigenvalue weighted by molar-refractivity contribution is 6.33. The summed E-state index contributed by atoms with van der Waals surface area (Å²) in [6.07, 6.45) is 0.688. The molecule has 0 radical (unpaired) electrons. The molecule has 0 N–H and O–H groups in total. The summed E-state index contributed by atoms with van der Waals surface area (Å²) in [4.78, 5) is 12.4. The summed E-state index contributed by atoms with van der Waals surface area (Å²) in [6.45, 7) is 1.93. The standard InChI is InChI=1S/C15H13ClFNO/c1-10-3-6-14(12(16)7-10)18(2)15-8-11(9-19)4-5-13(15)17/h3-9H,1-2H3. The second-order valence-electron chi connectivity index (χ2n) is 4.34. The molecule has 0 aliphatic heterocycles. The summed E-state index contributed by atoms with van der Waals surface area (Å²) < 4.78 is 13.9. The van der Waals surface area contributed by atoms with E-state index in [9.17, 15) is 9.18 Å². The molecule has 98 valence electrons. The molecule has 0 unspecified atom stereocenters. The molecule has 0 saturated heterocycles. The molecule has 0 saturated carbocycles. The Morgan fingerprint density at radius 1 is 1.16 bits per heavy atom. The van der Waals surface area contributed by atoms with E-state index in [1.54, 1.807) is 11.9 Å². The first-order valence-electron chi connectivity index (χ1n) is 5.77. The third-order valence-electron chi connectivity index (χ3n) is 2.93. The van der Waals surface area contributed by atoms with E-state index >= 15 is 0 Å². The van der Waals surface area contributed by atoms with Crippen LogP contribution in [0.2, 0.25) is 5.02 Å². The summed E-state index contributed by atoms with van der Waals surface area (Å²) >= 11 is 6.17. The molecule has 19 heavy (non-hydrogen) atoms. The van der Waals surface area contributed by atoms with Crippen LogP contribution >= 0.6 is 11.6 Å². The lowest BCUT2D eigenvalue weighted by atomic mass is 10.1. The van der Waals surface area contributed by atoms with Gasteiger partial charge in [0.25, 0.3) is 0 Å². The van der Waals surface area contributed by atoms with Gasteiger partial charge in [-0.25, -0.2) is 4.39 Å². The Labute approximate surface area is 116 Å².